The van der Waals surface area contributed by atoms with E-state index in [1.165, 1.54) is 11.1 Å². The number of ether oxygens (including phenoxy) is 3. The predicted molar refractivity (Wildman–Crippen MR) is 134 cm³/mol. The van der Waals surface area contributed by atoms with Gasteiger partial charge in [0.25, 0.3) is 0 Å². The van der Waals surface area contributed by atoms with Crippen LogP contribution in [-0.4, -0.2) is 46.9 Å². The largest absolute Gasteiger partial charge is 0.497 e. The molecule has 0 aliphatic heterocycles. The molecule has 0 bridgehead atoms. The second-order valence-corrected chi connectivity index (χ2v) is 6.58. The van der Waals surface area contributed by atoms with Crippen LogP contribution in [0.4, 0.5) is 0 Å². The van der Waals surface area contributed by atoms with Crippen molar-refractivity contribution in [2.75, 3.05) is 41.0 Å². The number of benzene rings is 2. The minimum absolute atomic E-state index is 0. The average molecular weight is 527 g/mol. The molecule has 0 saturated carbocycles. The third-order valence-corrected chi connectivity index (χ3v) is 4.53. The minimum Gasteiger partial charge on any atom is -0.497 e. The lowest BCUT2D eigenvalue weighted by molar-refractivity contribution is 0.354. The van der Waals surface area contributed by atoms with Crippen LogP contribution < -0.4 is 24.8 Å². The van der Waals surface area contributed by atoms with Crippen molar-refractivity contribution in [3.63, 3.8) is 0 Å². The second kappa shape index (κ2) is 14.8. The molecule has 0 spiro atoms. The Morgan fingerprint density at radius 2 is 1.63 bits per heavy atom. The first-order valence-electron chi connectivity index (χ1n) is 10.1. The van der Waals surface area contributed by atoms with Crippen LogP contribution in [0.1, 0.15) is 24.5 Å². The van der Waals surface area contributed by atoms with Crippen molar-refractivity contribution < 1.29 is 14.2 Å². The molecular formula is C23H34IN3O3. The standard InChI is InChI=1S/C23H33N3O3.HI/c1-5-24-23(25-14-7-9-18-8-6-10-20(16-18)27-2)26-15-13-19-11-12-21(28-3)22(17-19)29-4;/h6,8,10-12,16-17H,5,7,9,13-15H2,1-4H3,(H2,24,25,26);1H. The van der Waals surface area contributed by atoms with E-state index in [-0.39, 0.29) is 24.0 Å². The fourth-order valence-corrected chi connectivity index (χ4v) is 3.01. The monoisotopic (exact) mass is 527 g/mol. The molecule has 7 heteroatoms. The van der Waals surface area contributed by atoms with Gasteiger partial charge in [-0.2, -0.15) is 0 Å². The molecule has 2 aromatic carbocycles. The molecule has 2 aromatic rings. The molecule has 2 rings (SSSR count). The topological polar surface area (TPSA) is 64.1 Å². The Kier molecular flexibility index (Phi) is 12.7. The van der Waals surface area contributed by atoms with E-state index in [9.17, 15) is 0 Å². The molecule has 166 valence electrons. The maximum Gasteiger partial charge on any atom is 0.191 e. The maximum atomic E-state index is 5.37. The summed E-state index contributed by atoms with van der Waals surface area (Å²) >= 11 is 0. The number of hydrogen-bond donors (Lipinski definition) is 2. The molecule has 30 heavy (non-hydrogen) atoms. The average Bonchev–Trinajstić information content (AvgIpc) is 2.76. The van der Waals surface area contributed by atoms with E-state index in [4.69, 9.17) is 14.2 Å². The number of nitrogens with zero attached hydrogens (tertiary/aromatic N) is 1. The van der Waals surface area contributed by atoms with Gasteiger partial charge in [0.2, 0.25) is 0 Å². The van der Waals surface area contributed by atoms with Gasteiger partial charge in [-0.15, -0.1) is 24.0 Å². The fourth-order valence-electron chi connectivity index (χ4n) is 3.01. The van der Waals surface area contributed by atoms with E-state index < -0.39 is 0 Å². The van der Waals surface area contributed by atoms with Crippen molar-refractivity contribution in [1.29, 1.82) is 0 Å². The molecule has 0 heterocycles. The summed E-state index contributed by atoms with van der Waals surface area (Å²) in [5.41, 5.74) is 2.45. The molecule has 2 N–H and O–H groups in total. The lowest BCUT2D eigenvalue weighted by Gasteiger charge is -2.13. The molecule has 6 nitrogen and oxygen atoms in total. The first kappa shape index (κ1) is 25.9. The van der Waals surface area contributed by atoms with E-state index in [1.807, 2.05) is 24.3 Å². The summed E-state index contributed by atoms with van der Waals surface area (Å²) < 4.78 is 15.9. The zero-order chi connectivity index (χ0) is 20.9. The molecule has 0 saturated heterocycles. The Hall–Kier alpha value is -2.16. The zero-order valence-corrected chi connectivity index (χ0v) is 20.7. The predicted octanol–water partition coefficient (Wildman–Crippen LogP) is 4.06. The van der Waals surface area contributed by atoms with Crippen LogP contribution in [-0.2, 0) is 12.8 Å². The number of methoxy groups -OCH3 is 3. The van der Waals surface area contributed by atoms with Crippen molar-refractivity contribution in [2.24, 2.45) is 4.99 Å². The number of rotatable bonds is 11. The van der Waals surface area contributed by atoms with Crippen LogP contribution in [0.5, 0.6) is 17.2 Å². The van der Waals surface area contributed by atoms with E-state index >= 15 is 0 Å². The summed E-state index contributed by atoms with van der Waals surface area (Å²) in [6.45, 7) is 4.46. The number of aliphatic imine (C=N–C) groups is 1. The van der Waals surface area contributed by atoms with Gasteiger partial charge in [-0.1, -0.05) is 18.2 Å². The number of aryl methyl sites for hydroxylation is 1. The molecule has 0 aromatic heterocycles. The molecule has 0 atom stereocenters. The van der Waals surface area contributed by atoms with Crippen molar-refractivity contribution in [1.82, 2.24) is 10.6 Å². The van der Waals surface area contributed by atoms with Gasteiger partial charge in [0.05, 0.1) is 21.3 Å². The number of halogens is 1. The lowest BCUT2D eigenvalue weighted by Crippen LogP contribution is -2.38. The maximum absolute atomic E-state index is 5.37. The Balaban J connectivity index is 0.00000450. The molecule has 0 radical (unpaired) electrons. The summed E-state index contributed by atoms with van der Waals surface area (Å²) in [6, 6.07) is 14.2. The van der Waals surface area contributed by atoms with Crippen molar-refractivity contribution >= 4 is 29.9 Å². The highest BCUT2D eigenvalue weighted by atomic mass is 127. The Bertz CT molecular complexity index is 784. The SMILES string of the molecule is CCNC(=NCCCc1cccc(OC)c1)NCCc1ccc(OC)c(OC)c1.I. The van der Waals surface area contributed by atoms with Crippen LogP contribution >= 0.6 is 24.0 Å². The molecule has 0 aliphatic rings. The van der Waals surface area contributed by atoms with Crippen LogP contribution in [0, 0.1) is 0 Å². The third-order valence-electron chi connectivity index (χ3n) is 4.53. The summed E-state index contributed by atoms with van der Waals surface area (Å²) in [4.78, 5) is 4.68. The van der Waals surface area contributed by atoms with Gasteiger partial charge in [0.15, 0.2) is 17.5 Å². The zero-order valence-electron chi connectivity index (χ0n) is 18.4. The summed E-state index contributed by atoms with van der Waals surface area (Å²) in [7, 11) is 4.99. The van der Waals surface area contributed by atoms with Gasteiger partial charge < -0.3 is 24.8 Å². The van der Waals surface area contributed by atoms with Crippen LogP contribution in [0.15, 0.2) is 47.5 Å². The lowest BCUT2D eigenvalue weighted by atomic mass is 10.1. The fraction of sp³-hybridized carbons (Fsp3) is 0.435. The Morgan fingerprint density at radius 1 is 0.867 bits per heavy atom. The van der Waals surface area contributed by atoms with Crippen molar-refractivity contribution in [3.05, 3.63) is 53.6 Å². The minimum atomic E-state index is 0. The first-order chi connectivity index (χ1) is 14.2. The summed E-state index contributed by atoms with van der Waals surface area (Å²) in [5.74, 6) is 3.24. The normalized spacial score (nSPS) is 10.7. The van der Waals surface area contributed by atoms with E-state index in [1.54, 1.807) is 21.3 Å². The second-order valence-electron chi connectivity index (χ2n) is 6.58. The van der Waals surface area contributed by atoms with E-state index in [2.05, 4.69) is 40.7 Å². The van der Waals surface area contributed by atoms with E-state index in [0.717, 1.165) is 62.1 Å². The Morgan fingerprint density at radius 3 is 2.33 bits per heavy atom. The van der Waals surface area contributed by atoms with Gasteiger partial charge in [-0.05, 0) is 61.6 Å². The molecule has 0 amide bonds. The Labute approximate surface area is 197 Å². The quantitative estimate of drug-likeness (QED) is 0.200. The highest BCUT2D eigenvalue weighted by Gasteiger charge is 2.05. The van der Waals surface area contributed by atoms with Crippen molar-refractivity contribution in [3.8, 4) is 17.2 Å². The summed E-state index contributed by atoms with van der Waals surface area (Å²) in [5, 5.41) is 6.70. The van der Waals surface area contributed by atoms with Gasteiger partial charge in [-0.25, -0.2) is 0 Å². The molecule has 0 unspecified atom stereocenters. The van der Waals surface area contributed by atoms with Gasteiger partial charge in [-0.3, -0.25) is 4.99 Å². The van der Waals surface area contributed by atoms with Gasteiger partial charge in [0, 0.05) is 19.6 Å². The van der Waals surface area contributed by atoms with Crippen LogP contribution in [0.3, 0.4) is 0 Å². The smallest absolute Gasteiger partial charge is 0.191 e. The molecule has 0 fully saturated rings. The summed E-state index contributed by atoms with van der Waals surface area (Å²) in [6.07, 6.45) is 2.83. The highest BCUT2D eigenvalue weighted by Crippen LogP contribution is 2.27. The third kappa shape index (κ3) is 8.69. The van der Waals surface area contributed by atoms with Gasteiger partial charge in [0.1, 0.15) is 5.75 Å². The molecular weight excluding hydrogens is 493 g/mol. The van der Waals surface area contributed by atoms with Crippen LogP contribution in [0.2, 0.25) is 0 Å². The van der Waals surface area contributed by atoms with E-state index in [0.29, 0.717) is 0 Å². The van der Waals surface area contributed by atoms with Gasteiger partial charge >= 0.3 is 0 Å². The van der Waals surface area contributed by atoms with Crippen LogP contribution in [0.25, 0.3) is 0 Å². The molecule has 0 aliphatic carbocycles. The van der Waals surface area contributed by atoms with Crippen molar-refractivity contribution in [2.45, 2.75) is 26.2 Å². The first-order valence-corrected chi connectivity index (χ1v) is 10.1. The highest BCUT2D eigenvalue weighted by molar-refractivity contribution is 14.0. The number of guanidine groups is 1. The number of hydrogen-bond acceptors (Lipinski definition) is 4. The number of nitrogens with one attached hydrogen (secondary N) is 2.